The monoisotopic (exact) mass is 497 g/mol. The van der Waals surface area contributed by atoms with Crippen molar-refractivity contribution in [2.24, 2.45) is 0 Å². The van der Waals surface area contributed by atoms with Crippen LogP contribution < -0.4 is 5.69 Å². The fraction of sp³-hybridized carbons (Fsp3) is 0.143. The maximum Gasteiger partial charge on any atom is 0.501 e. The second kappa shape index (κ2) is 7.92. The van der Waals surface area contributed by atoms with Gasteiger partial charge in [0.05, 0.1) is 33.4 Å². The third-order valence-electron chi connectivity index (χ3n) is 5.21. The highest BCUT2D eigenvalue weighted by Gasteiger charge is 2.46. The van der Waals surface area contributed by atoms with Gasteiger partial charge in [0.1, 0.15) is 0 Å². The molecule has 2 aromatic carbocycles. The molecule has 2 aromatic heterocycles. The van der Waals surface area contributed by atoms with E-state index in [0.29, 0.717) is 21.5 Å². The van der Waals surface area contributed by atoms with Gasteiger partial charge < -0.3 is 5.11 Å². The van der Waals surface area contributed by atoms with E-state index in [2.05, 4.69) is 4.98 Å². The van der Waals surface area contributed by atoms with Crippen LogP contribution in [0.5, 0.6) is 5.88 Å². The van der Waals surface area contributed by atoms with Gasteiger partial charge in [0.25, 0.3) is 9.84 Å². The maximum atomic E-state index is 13.1. The van der Waals surface area contributed by atoms with Gasteiger partial charge in [0.15, 0.2) is 0 Å². The zero-order valence-electron chi connectivity index (χ0n) is 16.8. The molecular weight excluding hydrogens is 483 g/mol. The van der Waals surface area contributed by atoms with Crippen molar-refractivity contribution in [3.8, 4) is 11.6 Å². The lowest BCUT2D eigenvalue weighted by Gasteiger charge is -2.09. The zero-order valence-corrected chi connectivity index (χ0v) is 18.4. The van der Waals surface area contributed by atoms with E-state index in [1.165, 1.54) is 11.5 Å². The van der Waals surface area contributed by atoms with E-state index < -0.39 is 31.8 Å². The van der Waals surface area contributed by atoms with Gasteiger partial charge in [-0.25, -0.2) is 17.8 Å². The molecule has 0 aliphatic rings. The Hall–Kier alpha value is -3.31. The van der Waals surface area contributed by atoms with Crippen LogP contribution in [-0.2, 0) is 16.4 Å². The number of alkyl halides is 3. The van der Waals surface area contributed by atoms with E-state index in [-0.39, 0.29) is 17.9 Å². The van der Waals surface area contributed by atoms with Crippen molar-refractivity contribution < 1.29 is 26.7 Å². The number of nitrogens with zero attached hydrogens (tertiary/aromatic N) is 3. The Bertz CT molecular complexity index is 1540. The smallest absolute Gasteiger partial charge is 0.493 e. The molecule has 2 heterocycles. The molecule has 0 amide bonds. The normalized spacial score (nSPS) is 12.4. The molecule has 0 bridgehead atoms. The van der Waals surface area contributed by atoms with Crippen molar-refractivity contribution in [1.82, 2.24) is 14.1 Å². The fourth-order valence-corrected chi connectivity index (χ4v) is 4.45. The molecule has 7 nitrogen and oxygen atoms in total. The lowest BCUT2D eigenvalue weighted by atomic mass is 10.1. The number of halogens is 4. The second-order valence-electron chi connectivity index (χ2n) is 7.16. The number of fused-ring (bicyclic) bond motifs is 1. The minimum atomic E-state index is -5.54. The number of aromatic hydroxyl groups is 1. The van der Waals surface area contributed by atoms with Crippen LogP contribution >= 0.6 is 11.6 Å². The highest BCUT2D eigenvalue weighted by molar-refractivity contribution is 7.92. The number of benzene rings is 2. The second-order valence-corrected chi connectivity index (χ2v) is 9.51. The summed E-state index contributed by atoms with van der Waals surface area (Å²) in [4.78, 5) is 16.4. The maximum absolute atomic E-state index is 13.1. The van der Waals surface area contributed by atoms with Gasteiger partial charge in [0.2, 0.25) is 5.88 Å². The number of para-hydroxylation sites is 1. The summed E-state index contributed by atoms with van der Waals surface area (Å²) in [5.41, 5.74) is -4.65. The molecule has 4 rings (SSSR count). The van der Waals surface area contributed by atoms with Gasteiger partial charge >= 0.3 is 11.2 Å². The van der Waals surface area contributed by atoms with Crippen LogP contribution in [0, 0.1) is 6.92 Å². The minimum Gasteiger partial charge on any atom is -0.493 e. The van der Waals surface area contributed by atoms with Gasteiger partial charge in [-0.1, -0.05) is 23.7 Å². The Labute approximate surface area is 190 Å². The first-order chi connectivity index (χ1) is 15.4. The van der Waals surface area contributed by atoms with Gasteiger partial charge in [-0.05, 0) is 48.9 Å². The molecule has 0 fully saturated rings. The summed E-state index contributed by atoms with van der Waals surface area (Å²) in [6, 6.07) is 10.4. The van der Waals surface area contributed by atoms with Crippen molar-refractivity contribution in [1.29, 1.82) is 0 Å². The fourth-order valence-electron chi connectivity index (χ4n) is 3.47. The van der Waals surface area contributed by atoms with E-state index in [9.17, 15) is 31.5 Å². The molecule has 4 aromatic rings. The Morgan fingerprint density at radius 2 is 1.76 bits per heavy atom. The Kier molecular flexibility index (Phi) is 5.49. The van der Waals surface area contributed by atoms with Crippen molar-refractivity contribution >= 4 is 32.3 Å². The topological polar surface area (TPSA) is 94.2 Å². The minimum absolute atomic E-state index is 0.00288. The van der Waals surface area contributed by atoms with Crippen molar-refractivity contribution in [3.63, 3.8) is 0 Å². The average Bonchev–Trinajstić information content (AvgIpc) is 2.97. The lowest BCUT2D eigenvalue weighted by molar-refractivity contribution is -0.0436. The molecule has 12 heteroatoms. The van der Waals surface area contributed by atoms with E-state index in [0.717, 1.165) is 28.8 Å². The van der Waals surface area contributed by atoms with Crippen molar-refractivity contribution in [2.45, 2.75) is 23.9 Å². The lowest BCUT2D eigenvalue weighted by Crippen LogP contribution is -2.25. The first kappa shape index (κ1) is 22.9. The molecule has 0 aliphatic carbocycles. The quantitative estimate of drug-likeness (QED) is 0.456. The highest BCUT2D eigenvalue weighted by Crippen LogP contribution is 2.31. The largest absolute Gasteiger partial charge is 0.501 e. The summed E-state index contributed by atoms with van der Waals surface area (Å²) in [5, 5.41) is 11.7. The summed E-state index contributed by atoms with van der Waals surface area (Å²) in [6.45, 7) is 1.57. The number of imidazole rings is 1. The number of hydrogen-bond acceptors (Lipinski definition) is 5. The van der Waals surface area contributed by atoms with E-state index >= 15 is 0 Å². The number of pyridine rings is 1. The van der Waals surface area contributed by atoms with Crippen LogP contribution in [-0.4, -0.2) is 33.2 Å². The van der Waals surface area contributed by atoms with Gasteiger partial charge in [-0.2, -0.15) is 13.2 Å². The molecule has 1 N–H and O–H groups in total. The summed E-state index contributed by atoms with van der Waals surface area (Å²) in [5.74, 6) is -0.428. The first-order valence-corrected chi connectivity index (χ1v) is 11.2. The van der Waals surface area contributed by atoms with Gasteiger partial charge in [-0.15, -0.1) is 0 Å². The molecule has 0 aliphatic heterocycles. The predicted molar refractivity (Wildman–Crippen MR) is 116 cm³/mol. The average molecular weight is 498 g/mol. The van der Waals surface area contributed by atoms with Crippen molar-refractivity contribution in [3.05, 3.63) is 81.5 Å². The van der Waals surface area contributed by atoms with E-state index in [1.54, 1.807) is 30.5 Å². The van der Waals surface area contributed by atoms with E-state index in [4.69, 9.17) is 11.6 Å². The molecule has 0 saturated heterocycles. The Balaban J connectivity index is 1.78. The number of aromatic nitrogens is 3. The standard InChI is InChI=1S/C21H15ClF3N3O4S/c1-12-19(29)28(14-5-7-15(8-6-14)33(31,32)21(23,24)25)20(30)27(12)11-13-9-10-26-18-16(13)3-2-4-17(18)22/h2-10,29H,11H2,1H3. The summed E-state index contributed by atoms with van der Waals surface area (Å²) in [7, 11) is -5.54. The van der Waals surface area contributed by atoms with E-state index in [1.807, 2.05) is 0 Å². The predicted octanol–water partition coefficient (Wildman–Crippen LogP) is 4.20. The Morgan fingerprint density at radius 3 is 2.39 bits per heavy atom. The number of rotatable bonds is 4. The van der Waals surface area contributed by atoms with Crippen molar-refractivity contribution in [2.75, 3.05) is 0 Å². The molecule has 0 radical (unpaired) electrons. The van der Waals surface area contributed by atoms with Crippen LogP contribution in [0.2, 0.25) is 5.02 Å². The zero-order chi connectivity index (χ0) is 24.1. The molecular formula is C21H15ClF3N3O4S. The number of hydrogen-bond donors (Lipinski definition) is 1. The van der Waals surface area contributed by atoms with Gasteiger partial charge in [-0.3, -0.25) is 9.55 Å². The summed E-state index contributed by atoms with van der Waals surface area (Å²) >= 11 is 6.19. The third-order valence-corrected chi connectivity index (χ3v) is 7.02. The molecule has 0 unspecified atom stereocenters. The summed E-state index contributed by atoms with van der Waals surface area (Å²) < 4.78 is 63.6. The van der Waals surface area contributed by atoms with Crippen LogP contribution in [0.25, 0.3) is 16.6 Å². The SMILES string of the molecule is Cc1c(O)n(-c2ccc(S(=O)(=O)C(F)(F)F)cc2)c(=O)n1Cc1ccnc2c(Cl)cccc12. The molecule has 172 valence electrons. The molecule has 33 heavy (non-hydrogen) atoms. The van der Waals surface area contributed by atoms with Crippen LogP contribution in [0.4, 0.5) is 13.2 Å². The van der Waals surface area contributed by atoms with Crippen LogP contribution in [0.1, 0.15) is 11.3 Å². The number of sulfone groups is 1. The first-order valence-electron chi connectivity index (χ1n) is 9.38. The molecule has 0 spiro atoms. The van der Waals surface area contributed by atoms with Crippen LogP contribution in [0.15, 0.2) is 64.4 Å². The Morgan fingerprint density at radius 1 is 1.09 bits per heavy atom. The van der Waals surface area contributed by atoms with Gasteiger partial charge in [0, 0.05) is 11.6 Å². The molecule has 0 atom stereocenters. The third kappa shape index (κ3) is 3.76. The highest BCUT2D eigenvalue weighted by atomic mass is 35.5. The molecule has 0 saturated carbocycles. The van der Waals surface area contributed by atoms with Crippen LogP contribution in [0.3, 0.4) is 0 Å². The summed E-state index contributed by atoms with van der Waals surface area (Å²) in [6.07, 6.45) is 1.54.